The molecule has 1 fully saturated rings. The van der Waals surface area contributed by atoms with Gasteiger partial charge in [-0.15, -0.1) is 0 Å². The van der Waals surface area contributed by atoms with Crippen LogP contribution in [0.25, 0.3) is 11.1 Å². The van der Waals surface area contributed by atoms with Crippen molar-refractivity contribution in [3.8, 4) is 22.6 Å². The molecule has 5 rings (SSSR count). The average Bonchev–Trinajstić information content (AvgIpc) is 2.99. The summed E-state index contributed by atoms with van der Waals surface area (Å²) in [5, 5.41) is 0. The molecule has 0 spiro atoms. The fourth-order valence-corrected chi connectivity index (χ4v) is 4.80. The monoisotopic (exact) mass is 692 g/mol. The molecule has 0 atom stereocenters. The molecule has 256 valence electrons. The number of halogens is 11. The molecule has 4 aromatic rings. The summed E-state index contributed by atoms with van der Waals surface area (Å²) in [6.45, 7) is 2.87. The van der Waals surface area contributed by atoms with Crippen molar-refractivity contribution in [2.45, 2.75) is 38.3 Å². The van der Waals surface area contributed by atoms with Gasteiger partial charge in [-0.2, -0.15) is 17.6 Å². The minimum absolute atomic E-state index is 0.118. The zero-order chi connectivity index (χ0) is 35.0. The topological polar surface area (TPSA) is 36.9 Å². The molecule has 0 bridgehead atoms. The lowest BCUT2D eigenvalue weighted by Crippen LogP contribution is -2.26. The number of alkyl halides is 4. The first-order chi connectivity index (χ1) is 22.5. The SMILES string of the molecule is CC1COC(c2ccc(-c3cc(F)c(C(F)(F)Oc4cc(F)c(CCC(F)(F)Oc5cc(F)c(F)c(F)c5)c(F)c4)c(F)c3)cc2)OC1. The maximum Gasteiger partial charge on any atom is 0.432 e. The number of hydrogen-bond donors (Lipinski definition) is 0. The van der Waals surface area contributed by atoms with Crippen LogP contribution in [0.4, 0.5) is 48.3 Å². The Kier molecular flexibility index (Phi) is 9.92. The normalized spacial score (nSPS) is 17.0. The Morgan fingerprint density at radius 1 is 0.646 bits per heavy atom. The minimum Gasteiger partial charge on any atom is -0.432 e. The van der Waals surface area contributed by atoms with Crippen molar-refractivity contribution in [2.24, 2.45) is 5.92 Å². The van der Waals surface area contributed by atoms with Crippen LogP contribution in [0.1, 0.15) is 36.3 Å². The predicted octanol–water partition coefficient (Wildman–Crippen LogP) is 9.74. The molecule has 1 aliphatic rings. The summed E-state index contributed by atoms with van der Waals surface area (Å²) >= 11 is 0. The van der Waals surface area contributed by atoms with Crippen LogP contribution in [-0.2, 0) is 22.0 Å². The molecule has 15 heteroatoms. The van der Waals surface area contributed by atoms with Gasteiger partial charge in [-0.3, -0.25) is 0 Å². The van der Waals surface area contributed by atoms with E-state index in [2.05, 4.69) is 9.47 Å². The molecule has 48 heavy (non-hydrogen) atoms. The third kappa shape index (κ3) is 7.84. The van der Waals surface area contributed by atoms with Gasteiger partial charge in [-0.25, -0.2) is 30.7 Å². The number of ether oxygens (including phenoxy) is 4. The van der Waals surface area contributed by atoms with Gasteiger partial charge in [-0.05, 0) is 29.7 Å². The number of rotatable bonds is 10. The highest BCUT2D eigenvalue weighted by Gasteiger charge is 2.42. The second kappa shape index (κ2) is 13.6. The van der Waals surface area contributed by atoms with E-state index in [0.29, 0.717) is 30.9 Å². The van der Waals surface area contributed by atoms with Crippen LogP contribution < -0.4 is 9.47 Å². The van der Waals surface area contributed by atoms with Crippen LogP contribution in [0.3, 0.4) is 0 Å². The van der Waals surface area contributed by atoms with Crippen molar-refractivity contribution < 1.29 is 67.2 Å². The van der Waals surface area contributed by atoms with Gasteiger partial charge in [0.2, 0.25) is 0 Å². The van der Waals surface area contributed by atoms with E-state index in [1.807, 2.05) is 6.92 Å². The summed E-state index contributed by atoms with van der Waals surface area (Å²) in [5.74, 6) is -14.5. The highest BCUT2D eigenvalue weighted by molar-refractivity contribution is 5.64. The smallest absolute Gasteiger partial charge is 0.432 e. The van der Waals surface area contributed by atoms with E-state index in [1.54, 1.807) is 12.1 Å². The van der Waals surface area contributed by atoms with E-state index >= 15 is 0 Å². The molecule has 0 aromatic heterocycles. The first-order valence-corrected chi connectivity index (χ1v) is 14.1. The Hall–Kier alpha value is -4.37. The Labute approximate surface area is 265 Å². The van der Waals surface area contributed by atoms with Gasteiger partial charge in [0.15, 0.2) is 23.7 Å². The van der Waals surface area contributed by atoms with Crippen LogP contribution in [0.15, 0.2) is 60.7 Å². The molecular formula is C33H23F11O4. The second-order valence-electron chi connectivity index (χ2n) is 11.0. The molecule has 1 saturated heterocycles. The Balaban J connectivity index is 1.28. The van der Waals surface area contributed by atoms with Crippen LogP contribution >= 0.6 is 0 Å². The summed E-state index contributed by atoms with van der Waals surface area (Å²) in [7, 11) is 0. The van der Waals surface area contributed by atoms with Gasteiger partial charge in [0.25, 0.3) is 0 Å². The third-order valence-electron chi connectivity index (χ3n) is 7.16. The third-order valence-corrected chi connectivity index (χ3v) is 7.16. The summed E-state index contributed by atoms with van der Waals surface area (Å²) < 4.78 is 177. The van der Waals surface area contributed by atoms with Crippen molar-refractivity contribution >= 4 is 0 Å². The molecule has 0 amide bonds. The lowest BCUT2D eigenvalue weighted by Gasteiger charge is -2.27. The fraction of sp³-hybridized carbons (Fsp3) is 0.273. The highest BCUT2D eigenvalue weighted by Crippen LogP contribution is 2.39. The Morgan fingerprint density at radius 2 is 1.15 bits per heavy atom. The van der Waals surface area contributed by atoms with E-state index in [9.17, 15) is 48.3 Å². The van der Waals surface area contributed by atoms with E-state index in [4.69, 9.17) is 9.47 Å². The summed E-state index contributed by atoms with van der Waals surface area (Å²) in [6, 6.07) is 7.94. The predicted molar refractivity (Wildman–Crippen MR) is 147 cm³/mol. The number of hydrogen-bond acceptors (Lipinski definition) is 4. The molecule has 0 aliphatic carbocycles. The molecular weight excluding hydrogens is 669 g/mol. The molecule has 4 nitrogen and oxygen atoms in total. The highest BCUT2D eigenvalue weighted by atomic mass is 19.3. The first kappa shape index (κ1) is 35.0. The zero-order valence-electron chi connectivity index (χ0n) is 24.5. The van der Waals surface area contributed by atoms with Crippen molar-refractivity contribution in [1.29, 1.82) is 0 Å². The summed E-state index contributed by atoms with van der Waals surface area (Å²) in [4.78, 5) is 0. The van der Waals surface area contributed by atoms with Gasteiger partial charge >= 0.3 is 12.2 Å². The molecule has 4 aromatic carbocycles. The number of benzene rings is 4. The van der Waals surface area contributed by atoms with Gasteiger partial charge in [0.1, 0.15) is 40.3 Å². The minimum atomic E-state index is -4.80. The molecule has 0 N–H and O–H groups in total. The quantitative estimate of drug-likeness (QED) is 0.123. The molecule has 0 saturated carbocycles. The van der Waals surface area contributed by atoms with Crippen molar-refractivity contribution in [2.75, 3.05) is 13.2 Å². The van der Waals surface area contributed by atoms with Crippen molar-refractivity contribution in [3.63, 3.8) is 0 Å². The van der Waals surface area contributed by atoms with Crippen LogP contribution in [0.2, 0.25) is 0 Å². The first-order valence-electron chi connectivity index (χ1n) is 14.1. The zero-order valence-corrected chi connectivity index (χ0v) is 24.5. The fourth-order valence-electron chi connectivity index (χ4n) is 4.80. The standard InChI is InChI=1S/C33H23F11O4/c1-16-14-45-31(46-15-16)18-4-2-17(3-5-18)19-8-25(36)29(26(37)9-19)33(43,44)48-21-10-23(34)22(24(35)11-21)6-7-32(41,42)47-20-12-27(38)30(40)28(39)13-20/h2-5,8-13,16,31H,6-7,14-15H2,1H3. The van der Waals surface area contributed by atoms with Crippen LogP contribution in [0.5, 0.6) is 11.5 Å². The lowest BCUT2D eigenvalue weighted by atomic mass is 10.0. The molecule has 0 unspecified atom stereocenters. The van der Waals surface area contributed by atoms with E-state index in [1.165, 1.54) is 12.1 Å². The second-order valence-corrected chi connectivity index (χ2v) is 11.0. The van der Waals surface area contributed by atoms with Crippen LogP contribution in [0, 0.1) is 46.6 Å². The van der Waals surface area contributed by atoms with Gasteiger partial charge in [-0.1, -0.05) is 31.2 Å². The van der Waals surface area contributed by atoms with Gasteiger partial charge in [0, 0.05) is 41.3 Å². The molecule has 0 radical (unpaired) electrons. The van der Waals surface area contributed by atoms with E-state index in [-0.39, 0.29) is 41.3 Å². The summed E-state index contributed by atoms with van der Waals surface area (Å²) in [5.41, 5.74) is -2.16. The van der Waals surface area contributed by atoms with Crippen molar-refractivity contribution in [1.82, 2.24) is 0 Å². The Bertz CT molecular complexity index is 1720. The van der Waals surface area contributed by atoms with E-state index < -0.39 is 94.7 Å². The molecule has 1 heterocycles. The Morgan fingerprint density at radius 3 is 1.69 bits per heavy atom. The van der Waals surface area contributed by atoms with Crippen molar-refractivity contribution in [3.05, 3.63) is 118 Å². The van der Waals surface area contributed by atoms with E-state index in [0.717, 1.165) is 0 Å². The molecule has 1 aliphatic heterocycles. The lowest BCUT2D eigenvalue weighted by molar-refractivity contribution is -0.202. The largest absolute Gasteiger partial charge is 0.432 e. The van der Waals surface area contributed by atoms with Gasteiger partial charge in [0.05, 0.1) is 19.6 Å². The maximum absolute atomic E-state index is 15.0. The van der Waals surface area contributed by atoms with Gasteiger partial charge < -0.3 is 18.9 Å². The maximum atomic E-state index is 15.0. The van der Waals surface area contributed by atoms with Crippen LogP contribution in [-0.4, -0.2) is 19.3 Å². The summed E-state index contributed by atoms with van der Waals surface area (Å²) in [6.07, 6.45) is -12.3. The average molecular weight is 693 g/mol.